The summed E-state index contributed by atoms with van der Waals surface area (Å²) in [6, 6.07) is 13.5. The quantitative estimate of drug-likeness (QED) is 0.393. The van der Waals surface area contributed by atoms with Gasteiger partial charge < -0.3 is 24.8 Å². The van der Waals surface area contributed by atoms with E-state index in [1.165, 1.54) is 49.1 Å². The minimum atomic E-state index is -3.85. The van der Waals surface area contributed by atoms with E-state index in [0.717, 1.165) is 0 Å². The van der Waals surface area contributed by atoms with Gasteiger partial charge >= 0.3 is 0 Å². The van der Waals surface area contributed by atoms with Crippen molar-refractivity contribution in [2.75, 3.05) is 39.2 Å². The van der Waals surface area contributed by atoms with Crippen molar-refractivity contribution in [1.82, 2.24) is 14.2 Å². The number of benzene rings is 2. The zero-order valence-electron chi connectivity index (χ0n) is 23.4. The molecule has 2 aromatic carbocycles. The molecule has 2 heterocycles. The third-order valence-corrected chi connectivity index (χ3v) is 8.91. The first-order valence-corrected chi connectivity index (χ1v) is 14.5. The number of amides is 2. The topological polar surface area (TPSA) is 138 Å². The number of aromatic nitrogens is 1. The maximum absolute atomic E-state index is 13.7. The molecule has 3 atom stereocenters. The van der Waals surface area contributed by atoms with Gasteiger partial charge in [-0.2, -0.15) is 4.31 Å². The number of aliphatic hydroxyl groups excluding tert-OH is 1. The average Bonchev–Trinajstić information content (AvgIpc) is 2.99. The lowest BCUT2D eigenvalue weighted by molar-refractivity contribution is 0.0387. The summed E-state index contributed by atoms with van der Waals surface area (Å²) in [7, 11) is -0.869. The van der Waals surface area contributed by atoms with Crippen molar-refractivity contribution in [2.45, 2.75) is 30.9 Å². The summed E-state index contributed by atoms with van der Waals surface area (Å²) in [5.74, 6) is -0.242. The van der Waals surface area contributed by atoms with E-state index in [-0.39, 0.29) is 53.6 Å². The lowest BCUT2D eigenvalue weighted by atomic mass is 9.99. The molecule has 0 aliphatic carbocycles. The summed E-state index contributed by atoms with van der Waals surface area (Å²) >= 11 is 0. The summed E-state index contributed by atoms with van der Waals surface area (Å²) < 4.78 is 39.3. The highest BCUT2D eigenvalue weighted by atomic mass is 32.2. The molecule has 218 valence electrons. The number of aliphatic hydroxyl groups is 1. The summed E-state index contributed by atoms with van der Waals surface area (Å²) in [5.41, 5.74) is 0.971. The van der Waals surface area contributed by atoms with E-state index in [0.29, 0.717) is 17.0 Å². The molecule has 2 N–H and O–H groups in total. The molecule has 0 bridgehead atoms. The SMILES string of the molecule is COc1ccc(S(=O)(=O)N(C)C[C@H]2Oc3ccc(NC(=O)c4ccncc4)cc3C(=O)N([C@@H](C)CO)C[C@@H]2C)cc1. The van der Waals surface area contributed by atoms with Gasteiger partial charge in [0.25, 0.3) is 11.8 Å². The third kappa shape index (κ3) is 6.67. The van der Waals surface area contributed by atoms with Crippen LogP contribution in [0.2, 0.25) is 0 Å². The Morgan fingerprint density at radius 1 is 1.20 bits per heavy atom. The number of carbonyl (C=O) groups excluding carboxylic acids is 2. The molecule has 3 aromatic rings. The molecule has 2 amide bonds. The van der Waals surface area contributed by atoms with E-state index in [2.05, 4.69) is 10.3 Å². The number of methoxy groups -OCH3 is 1. The Morgan fingerprint density at radius 2 is 1.88 bits per heavy atom. The largest absolute Gasteiger partial charge is 0.497 e. The first kappa shape index (κ1) is 30.0. The number of likely N-dealkylation sites (N-methyl/N-ethyl adjacent to an activating group) is 1. The van der Waals surface area contributed by atoms with Crippen molar-refractivity contribution in [2.24, 2.45) is 5.92 Å². The Balaban J connectivity index is 1.64. The van der Waals surface area contributed by atoms with Gasteiger partial charge in [0.1, 0.15) is 17.6 Å². The molecule has 12 heteroatoms. The number of nitrogens with zero attached hydrogens (tertiary/aromatic N) is 3. The number of pyridine rings is 1. The van der Waals surface area contributed by atoms with Gasteiger partial charge in [-0.15, -0.1) is 0 Å². The van der Waals surface area contributed by atoms with Gasteiger partial charge in [-0.1, -0.05) is 6.92 Å². The Morgan fingerprint density at radius 3 is 2.51 bits per heavy atom. The first-order chi connectivity index (χ1) is 19.5. The van der Waals surface area contributed by atoms with E-state index < -0.39 is 22.2 Å². The van der Waals surface area contributed by atoms with Gasteiger partial charge in [-0.25, -0.2) is 8.42 Å². The highest BCUT2D eigenvalue weighted by Gasteiger charge is 2.35. The van der Waals surface area contributed by atoms with Gasteiger partial charge in [0.15, 0.2) is 0 Å². The molecular formula is C29H34N4O7S. The standard InChI is InChI=1S/C29H34N4O7S/c1-19-16-33(20(2)18-34)29(36)25-15-22(31-28(35)21-11-13-30-14-12-21)5-10-26(25)40-27(19)17-32(3)41(37,38)24-8-6-23(39-4)7-9-24/h5-15,19-20,27,34H,16-18H2,1-4H3,(H,31,35)/t19-,20-,27+/m0/s1. The van der Waals surface area contributed by atoms with E-state index >= 15 is 0 Å². The Kier molecular flexibility index (Phi) is 9.26. The van der Waals surface area contributed by atoms with Gasteiger partial charge in [-0.3, -0.25) is 14.6 Å². The molecule has 0 saturated heterocycles. The van der Waals surface area contributed by atoms with E-state index in [1.54, 1.807) is 48.2 Å². The number of sulfonamides is 1. The van der Waals surface area contributed by atoms with Crippen LogP contribution in [0.4, 0.5) is 5.69 Å². The minimum absolute atomic E-state index is 0.00500. The number of carbonyl (C=O) groups is 2. The summed E-state index contributed by atoms with van der Waals surface area (Å²) in [6.45, 7) is 3.57. The average molecular weight is 583 g/mol. The predicted octanol–water partition coefficient (Wildman–Crippen LogP) is 2.88. The monoisotopic (exact) mass is 582 g/mol. The number of hydrogen-bond donors (Lipinski definition) is 2. The second-order valence-electron chi connectivity index (χ2n) is 9.98. The second-order valence-corrected chi connectivity index (χ2v) is 12.0. The van der Waals surface area contributed by atoms with Crippen molar-refractivity contribution < 1.29 is 32.6 Å². The summed E-state index contributed by atoms with van der Waals surface area (Å²) in [6.07, 6.45) is 2.38. The molecule has 0 spiro atoms. The second kappa shape index (κ2) is 12.7. The Labute approximate surface area is 239 Å². The predicted molar refractivity (Wildman–Crippen MR) is 153 cm³/mol. The Hall–Kier alpha value is -4.00. The number of fused-ring (bicyclic) bond motifs is 1. The highest BCUT2D eigenvalue weighted by molar-refractivity contribution is 7.89. The summed E-state index contributed by atoms with van der Waals surface area (Å²) in [5, 5.41) is 12.7. The van der Waals surface area contributed by atoms with Gasteiger partial charge in [0.2, 0.25) is 10.0 Å². The molecule has 0 fully saturated rings. The number of nitrogens with one attached hydrogen (secondary N) is 1. The zero-order chi connectivity index (χ0) is 29.7. The van der Waals surface area contributed by atoms with E-state index in [1.807, 2.05) is 6.92 Å². The molecule has 1 aliphatic heterocycles. The van der Waals surface area contributed by atoms with Crippen LogP contribution in [0.15, 0.2) is 71.9 Å². The van der Waals surface area contributed by atoms with E-state index in [9.17, 15) is 23.1 Å². The Bertz CT molecular complexity index is 1480. The van der Waals surface area contributed by atoms with Crippen molar-refractivity contribution >= 4 is 27.5 Å². The van der Waals surface area contributed by atoms with Crippen LogP contribution in [-0.2, 0) is 10.0 Å². The molecule has 1 aliphatic rings. The fourth-order valence-electron chi connectivity index (χ4n) is 4.50. The van der Waals surface area contributed by atoms with Crippen molar-refractivity contribution in [3.8, 4) is 11.5 Å². The van der Waals surface area contributed by atoms with Crippen LogP contribution in [-0.4, -0.2) is 85.5 Å². The van der Waals surface area contributed by atoms with Gasteiger partial charge in [0, 0.05) is 43.2 Å². The first-order valence-electron chi connectivity index (χ1n) is 13.1. The summed E-state index contributed by atoms with van der Waals surface area (Å²) in [4.78, 5) is 31.9. The van der Waals surface area contributed by atoms with Gasteiger partial charge in [0.05, 0.1) is 36.8 Å². The molecule has 0 unspecified atom stereocenters. The minimum Gasteiger partial charge on any atom is -0.497 e. The third-order valence-electron chi connectivity index (χ3n) is 7.07. The fourth-order valence-corrected chi connectivity index (χ4v) is 5.69. The maximum atomic E-state index is 13.7. The molecule has 11 nitrogen and oxygen atoms in total. The maximum Gasteiger partial charge on any atom is 0.258 e. The lowest BCUT2D eigenvalue weighted by Crippen LogP contribution is -2.50. The molecule has 4 rings (SSSR count). The van der Waals surface area contributed by atoms with Crippen molar-refractivity contribution in [3.05, 3.63) is 78.1 Å². The fraction of sp³-hybridized carbons (Fsp3) is 0.345. The highest BCUT2D eigenvalue weighted by Crippen LogP contribution is 2.31. The normalized spacial score (nSPS) is 18.1. The van der Waals surface area contributed by atoms with E-state index in [4.69, 9.17) is 9.47 Å². The van der Waals surface area contributed by atoms with Crippen LogP contribution in [0, 0.1) is 5.92 Å². The van der Waals surface area contributed by atoms with Gasteiger partial charge in [-0.05, 0) is 61.5 Å². The molecule has 0 radical (unpaired) electrons. The van der Waals surface area contributed by atoms with Crippen LogP contribution >= 0.6 is 0 Å². The molecule has 0 saturated carbocycles. The van der Waals surface area contributed by atoms with Crippen LogP contribution in [0.5, 0.6) is 11.5 Å². The number of anilines is 1. The van der Waals surface area contributed by atoms with Crippen molar-refractivity contribution in [1.29, 1.82) is 0 Å². The number of hydrogen-bond acceptors (Lipinski definition) is 8. The molecular weight excluding hydrogens is 548 g/mol. The van der Waals surface area contributed by atoms with Crippen LogP contribution in [0.1, 0.15) is 34.6 Å². The number of rotatable bonds is 9. The number of ether oxygens (including phenoxy) is 2. The van der Waals surface area contributed by atoms with Crippen LogP contribution in [0.25, 0.3) is 0 Å². The molecule has 41 heavy (non-hydrogen) atoms. The molecule has 1 aromatic heterocycles. The van der Waals surface area contributed by atoms with Crippen LogP contribution < -0.4 is 14.8 Å². The smallest absolute Gasteiger partial charge is 0.258 e. The van der Waals surface area contributed by atoms with Crippen LogP contribution in [0.3, 0.4) is 0 Å². The van der Waals surface area contributed by atoms with Crippen molar-refractivity contribution in [3.63, 3.8) is 0 Å². The zero-order valence-corrected chi connectivity index (χ0v) is 24.2. The lowest BCUT2D eigenvalue weighted by Gasteiger charge is -2.38.